The fourth-order valence-electron chi connectivity index (χ4n) is 3.63. The number of rotatable bonds is 11. The maximum atomic E-state index is 6.71. The van der Waals surface area contributed by atoms with Crippen LogP contribution in [0.1, 0.15) is 58.6 Å². The molecule has 0 saturated heterocycles. The third-order valence-corrected chi connectivity index (χ3v) is 11.4. The van der Waals surface area contributed by atoms with Crippen LogP contribution in [0.3, 0.4) is 0 Å². The first-order chi connectivity index (χ1) is 13.6. The highest BCUT2D eigenvalue weighted by molar-refractivity contribution is 6.74. The minimum atomic E-state index is -1.77. The topological polar surface area (TPSA) is 12.5 Å². The Labute approximate surface area is 185 Å². The fraction of sp³-hybridized carbons (Fsp3) is 0.600. The molecule has 0 spiro atoms. The van der Waals surface area contributed by atoms with E-state index in [0.717, 1.165) is 30.5 Å². The van der Waals surface area contributed by atoms with Crippen LogP contribution in [0, 0.1) is 5.92 Å². The summed E-state index contributed by atoms with van der Waals surface area (Å²) < 4.78 is 6.71. The first kappa shape index (κ1) is 24.4. The Morgan fingerprint density at radius 3 is 2.34 bits per heavy atom. The second-order valence-electron chi connectivity index (χ2n) is 9.77. The molecule has 0 aliphatic heterocycles. The first-order valence-electron chi connectivity index (χ1n) is 11.0. The normalized spacial score (nSPS) is 17.7. The first-order valence-corrected chi connectivity index (χ1v) is 14.3. The van der Waals surface area contributed by atoms with Gasteiger partial charge in [-0.05, 0) is 67.6 Å². The maximum absolute atomic E-state index is 6.71. The number of allylic oxidation sites excluding steroid dienone is 2. The standard InChI is InChI=1S/C25H40ClNOSi/c1-8-10-11-12-23(20-15-17-22(26)18-16-20)27(9-2)24(21-13-14-21)19-28-29(6,7)25(3,4)5/h8,10-11,15-18,21,23-24H,1,9,12-14,19H2,2-7H3. The predicted molar refractivity (Wildman–Crippen MR) is 130 cm³/mol. The zero-order valence-electron chi connectivity index (χ0n) is 19.2. The van der Waals surface area contributed by atoms with Crippen LogP contribution in [-0.2, 0) is 4.43 Å². The number of likely N-dealkylation sites (N-methyl/N-ethyl adjacent to an activating group) is 1. The summed E-state index contributed by atoms with van der Waals surface area (Å²) in [5, 5.41) is 1.03. The largest absolute Gasteiger partial charge is 0.415 e. The molecule has 2 nitrogen and oxygen atoms in total. The van der Waals surface area contributed by atoms with Crippen LogP contribution in [0.2, 0.25) is 23.2 Å². The molecule has 162 valence electrons. The van der Waals surface area contributed by atoms with Crippen molar-refractivity contribution < 1.29 is 4.43 Å². The van der Waals surface area contributed by atoms with Crippen LogP contribution in [0.25, 0.3) is 0 Å². The minimum Gasteiger partial charge on any atom is -0.415 e. The number of hydrogen-bond donors (Lipinski definition) is 0. The van der Waals surface area contributed by atoms with Crippen molar-refractivity contribution in [3.63, 3.8) is 0 Å². The van der Waals surface area contributed by atoms with Crippen molar-refractivity contribution in [1.82, 2.24) is 4.90 Å². The van der Waals surface area contributed by atoms with Crippen molar-refractivity contribution in [2.24, 2.45) is 5.92 Å². The summed E-state index contributed by atoms with van der Waals surface area (Å²) in [5.74, 6) is 0.748. The molecule has 1 aromatic carbocycles. The lowest BCUT2D eigenvalue weighted by atomic mass is 9.98. The highest BCUT2D eigenvalue weighted by Crippen LogP contribution is 2.42. The Kier molecular flexibility index (Phi) is 8.78. The number of halogens is 1. The number of benzene rings is 1. The summed E-state index contributed by atoms with van der Waals surface area (Å²) in [6.07, 6.45) is 9.73. The third-order valence-electron chi connectivity index (χ3n) is 6.67. The van der Waals surface area contributed by atoms with Crippen molar-refractivity contribution in [3.05, 3.63) is 59.7 Å². The number of nitrogens with zero attached hydrogens (tertiary/aromatic N) is 1. The summed E-state index contributed by atoms with van der Waals surface area (Å²) in [6, 6.07) is 9.15. The van der Waals surface area contributed by atoms with Crippen LogP contribution >= 0.6 is 11.6 Å². The molecule has 1 aromatic rings. The quantitative estimate of drug-likeness (QED) is 0.262. The van der Waals surface area contributed by atoms with Crippen LogP contribution in [0.4, 0.5) is 0 Å². The van der Waals surface area contributed by atoms with E-state index in [1.807, 2.05) is 18.2 Å². The lowest BCUT2D eigenvalue weighted by Crippen LogP contribution is -2.48. The molecule has 29 heavy (non-hydrogen) atoms. The predicted octanol–water partition coefficient (Wildman–Crippen LogP) is 7.64. The molecule has 1 saturated carbocycles. The average Bonchev–Trinajstić information content (AvgIpc) is 3.48. The van der Waals surface area contributed by atoms with Gasteiger partial charge in [-0.25, -0.2) is 0 Å². The monoisotopic (exact) mass is 433 g/mol. The molecule has 2 unspecified atom stereocenters. The van der Waals surface area contributed by atoms with Gasteiger partial charge >= 0.3 is 0 Å². The van der Waals surface area contributed by atoms with Crippen LogP contribution in [0.15, 0.2) is 49.1 Å². The van der Waals surface area contributed by atoms with Gasteiger partial charge in [0.05, 0.1) is 0 Å². The van der Waals surface area contributed by atoms with Gasteiger partial charge in [-0.15, -0.1) is 0 Å². The molecule has 0 amide bonds. The van der Waals surface area contributed by atoms with Crippen LogP contribution < -0.4 is 0 Å². The third kappa shape index (κ3) is 6.82. The summed E-state index contributed by atoms with van der Waals surface area (Å²) in [7, 11) is -1.77. The van der Waals surface area contributed by atoms with E-state index in [-0.39, 0.29) is 5.04 Å². The second kappa shape index (κ2) is 10.4. The van der Waals surface area contributed by atoms with E-state index >= 15 is 0 Å². The van der Waals surface area contributed by atoms with Crippen molar-refractivity contribution in [2.75, 3.05) is 13.2 Å². The molecule has 2 rings (SSSR count). The highest BCUT2D eigenvalue weighted by atomic mass is 35.5. The van der Waals surface area contributed by atoms with E-state index in [1.165, 1.54) is 18.4 Å². The Balaban J connectivity index is 2.27. The zero-order chi connectivity index (χ0) is 21.7. The molecule has 0 heterocycles. The van der Waals surface area contributed by atoms with Gasteiger partial charge in [0.15, 0.2) is 8.32 Å². The summed E-state index contributed by atoms with van der Waals surface area (Å²) in [4.78, 5) is 2.67. The number of hydrogen-bond acceptors (Lipinski definition) is 2. The molecular weight excluding hydrogens is 394 g/mol. The molecule has 0 radical (unpaired) electrons. The Morgan fingerprint density at radius 1 is 1.24 bits per heavy atom. The van der Waals surface area contributed by atoms with Crippen molar-refractivity contribution >= 4 is 19.9 Å². The molecule has 0 aromatic heterocycles. The molecule has 2 atom stereocenters. The van der Waals surface area contributed by atoms with Gasteiger partial charge in [0.2, 0.25) is 0 Å². The van der Waals surface area contributed by atoms with E-state index in [9.17, 15) is 0 Å². The van der Waals surface area contributed by atoms with Crippen LogP contribution in [-0.4, -0.2) is 32.4 Å². The summed E-state index contributed by atoms with van der Waals surface area (Å²) >= 11 is 6.17. The molecule has 4 heteroatoms. The molecular formula is C25H40ClNOSi. The van der Waals surface area contributed by atoms with Crippen LogP contribution in [0.5, 0.6) is 0 Å². The van der Waals surface area contributed by atoms with E-state index in [0.29, 0.717) is 12.1 Å². The van der Waals surface area contributed by atoms with Gasteiger partial charge in [0.1, 0.15) is 0 Å². The fourth-order valence-corrected chi connectivity index (χ4v) is 4.78. The van der Waals surface area contributed by atoms with Crippen molar-refractivity contribution in [2.45, 2.75) is 77.2 Å². The van der Waals surface area contributed by atoms with Gasteiger partial charge in [-0.3, -0.25) is 4.90 Å². The van der Waals surface area contributed by atoms with Gasteiger partial charge in [-0.1, -0.05) is 76.2 Å². The lowest BCUT2D eigenvalue weighted by molar-refractivity contribution is 0.0776. The Bertz CT molecular complexity index is 673. The highest BCUT2D eigenvalue weighted by Gasteiger charge is 2.42. The Hall–Kier alpha value is -0.873. The average molecular weight is 434 g/mol. The van der Waals surface area contributed by atoms with Gasteiger partial charge in [0, 0.05) is 23.7 Å². The van der Waals surface area contributed by atoms with Crippen molar-refractivity contribution in [3.8, 4) is 0 Å². The SMILES string of the molecule is C=CC=CCC(c1ccc(Cl)cc1)N(CC)C(CO[Si](C)(C)C(C)(C)C)C1CC1. The van der Waals surface area contributed by atoms with Gasteiger partial charge in [0.25, 0.3) is 0 Å². The molecule has 1 fully saturated rings. The lowest BCUT2D eigenvalue weighted by Gasteiger charge is -2.42. The zero-order valence-corrected chi connectivity index (χ0v) is 21.0. The van der Waals surface area contributed by atoms with Crippen molar-refractivity contribution in [1.29, 1.82) is 0 Å². The smallest absolute Gasteiger partial charge is 0.192 e. The molecule has 1 aliphatic carbocycles. The van der Waals surface area contributed by atoms with E-state index in [2.05, 4.69) is 76.6 Å². The Morgan fingerprint density at radius 2 is 1.86 bits per heavy atom. The van der Waals surface area contributed by atoms with E-state index in [4.69, 9.17) is 16.0 Å². The second-order valence-corrected chi connectivity index (χ2v) is 15.0. The van der Waals surface area contributed by atoms with Gasteiger partial charge in [-0.2, -0.15) is 0 Å². The van der Waals surface area contributed by atoms with Gasteiger partial charge < -0.3 is 4.43 Å². The van der Waals surface area contributed by atoms with E-state index < -0.39 is 8.32 Å². The maximum Gasteiger partial charge on any atom is 0.192 e. The molecule has 1 aliphatic rings. The minimum absolute atomic E-state index is 0.237. The molecule has 0 N–H and O–H groups in total. The molecule has 0 bridgehead atoms. The summed E-state index contributed by atoms with van der Waals surface area (Å²) in [5.41, 5.74) is 1.32. The summed E-state index contributed by atoms with van der Waals surface area (Å²) in [6.45, 7) is 19.6. The van der Waals surface area contributed by atoms with E-state index in [1.54, 1.807) is 0 Å².